The van der Waals surface area contributed by atoms with Gasteiger partial charge >= 0.3 is 5.97 Å². The van der Waals surface area contributed by atoms with E-state index in [0.29, 0.717) is 18.4 Å². The SMILES string of the molecule is CO[C@@]1(CN=[N+]=[N-])CC[C@@H](COC(=O)c2ccccc2)O1. The van der Waals surface area contributed by atoms with Crippen molar-refractivity contribution in [2.24, 2.45) is 5.11 Å². The van der Waals surface area contributed by atoms with Gasteiger partial charge in [-0.1, -0.05) is 23.3 Å². The lowest BCUT2D eigenvalue weighted by atomic mass is 10.1. The summed E-state index contributed by atoms with van der Waals surface area (Å²) in [6.07, 6.45) is 1.01. The summed E-state index contributed by atoms with van der Waals surface area (Å²) in [5.74, 6) is -1.29. The molecule has 1 aliphatic rings. The highest BCUT2D eigenvalue weighted by molar-refractivity contribution is 5.89. The molecule has 0 spiro atoms. The molecule has 0 bridgehead atoms. The minimum Gasteiger partial charge on any atom is -0.459 e. The molecular formula is C14H17N3O4. The van der Waals surface area contributed by atoms with Gasteiger partial charge in [-0.2, -0.15) is 0 Å². The Bertz CT molecular complexity index is 530. The van der Waals surface area contributed by atoms with Gasteiger partial charge < -0.3 is 14.2 Å². The Morgan fingerprint density at radius 1 is 1.52 bits per heavy atom. The number of benzene rings is 1. The first-order valence-electron chi connectivity index (χ1n) is 6.65. The van der Waals surface area contributed by atoms with Crippen LogP contribution in [0.25, 0.3) is 10.4 Å². The molecule has 0 N–H and O–H groups in total. The van der Waals surface area contributed by atoms with Crippen LogP contribution in [0.5, 0.6) is 0 Å². The van der Waals surface area contributed by atoms with Gasteiger partial charge in [-0.05, 0) is 24.1 Å². The van der Waals surface area contributed by atoms with Crippen molar-refractivity contribution in [1.29, 1.82) is 0 Å². The molecule has 1 aromatic carbocycles. The molecule has 1 saturated heterocycles. The molecule has 1 aliphatic heterocycles. The summed E-state index contributed by atoms with van der Waals surface area (Å²) in [6.45, 7) is 0.248. The van der Waals surface area contributed by atoms with Gasteiger partial charge in [-0.3, -0.25) is 0 Å². The lowest BCUT2D eigenvalue weighted by Gasteiger charge is -2.25. The van der Waals surface area contributed by atoms with Gasteiger partial charge in [0.2, 0.25) is 0 Å². The minimum absolute atomic E-state index is 0.100. The Hall–Kier alpha value is -2.08. The molecule has 0 aliphatic carbocycles. The molecule has 1 heterocycles. The number of esters is 1. The van der Waals surface area contributed by atoms with Crippen LogP contribution in [0.1, 0.15) is 23.2 Å². The van der Waals surface area contributed by atoms with E-state index < -0.39 is 5.79 Å². The molecule has 112 valence electrons. The van der Waals surface area contributed by atoms with Crippen molar-refractivity contribution in [3.8, 4) is 0 Å². The third-order valence-corrected chi connectivity index (χ3v) is 3.39. The van der Waals surface area contributed by atoms with Gasteiger partial charge in [0.15, 0.2) is 5.79 Å². The monoisotopic (exact) mass is 291 g/mol. The summed E-state index contributed by atoms with van der Waals surface area (Å²) >= 11 is 0. The molecular weight excluding hydrogens is 274 g/mol. The molecule has 7 nitrogen and oxygen atoms in total. The van der Waals surface area contributed by atoms with Crippen molar-refractivity contribution in [1.82, 2.24) is 0 Å². The predicted octanol–water partition coefficient (Wildman–Crippen LogP) is 2.68. The molecule has 0 amide bonds. The summed E-state index contributed by atoms with van der Waals surface area (Å²) in [5, 5.41) is 3.50. The summed E-state index contributed by atoms with van der Waals surface area (Å²) in [5.41, 5.74) is 8.88. The Morgan fingerprint density at radius 2 is 2.29 bits per heavy atom. The quantitative estimate of drug-likeness (QED) is 0.348. The van der Waals surface area contributed by atoms with Crippen LogP contribution < -0.4 is 0 Å². The average molecular weight is 291 g/mol. The van der Waals surface area contributed by atoms with Gasteiger partial charge in [0.05, 0.1) is 18.2 Å². The molecule has 1 fully saturated rings. The summed E-state index contributed by atoms with van der Waals surface area (Å²) in [7, 11) is 1.51. The second-order valence-electron chi connectivity index (χ2n) is 4.75. The Kier molecular flexibility index (Phi) is 5.16. The first-order valence-corrected chi connectivity index (χ1v) is 6.65. The van der Waals surface area contributed by atoms with E-state index in [0.717, 1.165) is 0 Å². The highest BCUT2D eigenvalue weighted by Crippen LogP contribution is 2.31. The maximum absolute atomic E-state index is 11.8. The second kappa shape index (κ2) is 7.08. The van der Waals surface area contributed by atoms with Crippen LogP contribution in [0, 0.1) is 0 Å². The number of ether oxygens (including phenoxy) is 3. The van der Waals surface area contributed by atoms with Crippen molar-refractivity contribution in [3.63, 3.8) is 0 Å². The molecule has 0 saturated carbocycles. The number of hydrogen-bond acceptors (Lipinski definition) is 5. The number of carbonyl (C=O) groups is 1. The smallest absolute Gasteiger partial charge is 0.338 e. The molecule has 0 aromatic heterocycles. The Balaban J connectivity index is 1.85. The van der Waals surface area contributed by atoms with Gasteiger partial charge in [0.25, 0.3) is 0 Å². The third-order valence-electron chi connectivity index (χ3n) is 3.39. The lowest BCUT2D eigenvalue weighted by Crippen LogP contribution is -2.35. The number of methoxy groups -OCH3 is 1. The van der Waals surface area contributed by atoms with Crippen LogP contribution in [-0.2, 0) is 14.2 Å². The van der Waals surface area contributed by atoms with Gasteiger partial charge in [-0.15, -0.1) is 0 Å². The molecule has 2 rings (SSSR count). The van der Waals surface area contributed by atoms with E-state index in [4.69, 9.17) is 19.7 Å². The normalized spacial score (nSPS) is 24.3. The highest BCUT2D eigenvalue weighted by Gasteiger charge is 2.40. The van der Waals surface area contributed by atoms with Crippen molar-refractivity contribution < 1.29 is 19.0 Å². The van der Waals surface area contributed by atoms with E-state index in [1.807, 2.05) is 6.07 Å². The van der Waals surface area contributed by atoms with Crippen LogP contribution >= 0.6 is 0 Å². The molecule has 1 aromatic rings. The molecule has 7 heteroatoms. The average Bonchev–Trinajstić information content (AvgIpc) is 2.95. The zero-order chi connectivity index (χ0) is 15.1. The molecule has 0 unspecified atom stereocenters. The zero-order valence-electron chi connectivity index (χ0n) is 11.8. The summed E-state index contributed by atoms with van der Waals surface area (Å²) in [4.78, 5) is 14.5. The number of carbonyl (C=O) groups excluding carboxylic acids is 1. The van der Waals surface area contributed by atoms with Gasteiger partial charge in [0, 0.05) is 18.4 Å². The highest BCUT2D eigenvalue weighted by atomic mass is 16.7. The molecule has 2 atom stereocenters. The number of hydrogen-bond donors (Lipinski definition) is 0. The van der Waals surface area contributed by atoms with Crippen LogP contribution in [0.4, 0.5) is 0 Å². The second-order valence-corrected chi connectivity index (χ2v) is 4.75. The first kappa shape index (κ1) is 15.3. The van der Waals surface area contributed by atoms with Crippen LogP contribution in [0.2, 0.25) is 0 Å². The van der Waals surface area contributed by atoms with Crippen LogP contribution in [-0.4, -0.2) is 38.1 Å². The topological polar surface area (TPSA) is 93.5 Å². The van der Waals surface area contributed by atoms with E-state index in [9.17, 15) is 4.79 Å². The van der Waals surface area contributed by atoms with E-state index >= 15 is 0 Å². The van der Waals surface area contributed by atoms with Crippen molar-refractivity contribution in [2.45, 2.75) is 24.7 Å². The predicted molar refractivity (Wildman–Crippen MR) is 74.6 cm³/mol. The first-order chi connectivity index (χ1) is 10.2. The van der Waals surface area contributed by atoms with Gasteiger partial charge in [0.1, 0.15) is 6.61 Å². The molecule has 21 heavy (non-hydrogen) atoms. The fraction of sp³-hybridized carbons (Fsp3) is 0.500. The molecule has 0 radical (unpaired) electrons. The number of nitrogens with zero attached hydrogens (tertiary/aromatic N) is 3. The number of rotatable bonds is 6. The fourth-order valence-electron chi connectivity index (χ4n) is 2.22. The summed E-state index contributed by atoms with van der Waals surface area (Å²) < 4.78 is 16.2. The van der Waals surface area contributed by atoms with E-state index in [1.54, 1.807) is 24.3 Å². The fourth-order valence-corrected chi connectivity index (χ4v) is 2.22. The standard InChI is InChI=1S/C14H17N3O4/c1-19-14(10-16-17-15)8-7-12(21-14)9-20-13(18)11-5-3-2-4-6-11/h2-6,12H,7-10H2,1H3/t12-,14-/m0/s1. The maximum Gasteiger partial charge on any atom is 0.338 e. The number of azide groups is 1. The Morgan fingerprint density at radius 3 is 2.95 bits per heavy atom. The third kappa shape index (κ3) is 3.95. The van der Waals surface area contributed by atoms with E-state index in [1.165, 1.54) is 7.11 Å². The van der Waals surface area contributed by atoms with Crippen LogP contribution in [0.15, 0.2) is 35.4 Å². The van der Waals surface area contributed by atoms with E-state index in [2.05, 4.69) is 10.0 Å². The van der Waals surface area contributed by atoms with Crippen molar-refractivity contribution in [2.75, 3.05) is 20.3 Å². The maximum atomic E-state index is 11.8. The largest absolute Gasteiger partial charge is 0.459 e. The Labute approximate surface area is 122 Å². The van der Waals surface area contributed by atoms with Crippen molar-refractivity contribution in [3.05, 3.63) is 46.3 Å². The lowest BCUT2D eigenvalue weighted by molar-refractivity contribution is -0.208. The minimum atomic E-state index is -0.907. The summed E-state index contributed by atoms with van der Waals surface area (Å²) in [6, 6.07) is 8.77. The van der Waals surface area contributed by atoms with Gasteiger partial charge in [-0.25, -0.2) is 4.79 Å². The van der Waals surface area contributed by atoms with E-state index in [-0.39, 0.29) is 25.2 Å². The zero-order valence-corrected chi connectivity index (χ0v) is 11.8. The van der Waals surface area contributed by atoms with Crippen molar-refractivity contribution >= 4 is 5.97 Å². The van der Waals surface area contributed by atoms with Crippen LogP contribution in [0.3, 0.4) is 0 Å².